The molecular formula is C26H27F2N4O4+. The number of esters is 2. The van der Waals surface area contributed by atoms with Crippen LogP contribution in [0.2, 0.25) is 0 Å². The van der Waals surface area contributed by atoms with Gasteiger partial charge in [0.15, 0.2) is 5.69 Å². The summed E-state index contributed by atoms with van der Waals surface area (Å²) in [6.07, 6.45) is 0. The molecule has 4 rings (SSSR count). The molecule has 0 saturated carbocycles. The van der Waals surface area contributed by atoms with E-state index in [0.717, 1.165) is 11.4 Å². The molecule has 0 saturated heterocycles. The molecule has 2 aromatic carbocycles. The van der Waals surface area contributed by atoms with Gasteiger partial charge >= 0.3 is 17.6 Å². The molecule has 36 heavy (non-hydrogen) atoms. The van der Waals surface area contributed by atoms with Crippen molar-refractivity contribution in [2.75, 3.05) is 13.2 Å². The fourth-order valence-electron chi connectivity index (χ4n) is 3.31. The van der Waals surface area contributed by atoms with Crippen LogP contribution in [0.15, 0.2) is 60.7 Å². The van der Waals surface area contributed by atoms with Gasteiger partial charge < -0.3 is 9.47 Å². The Kier molecular flexibility index (Phi) is 8.66. The van der Waals surface area contributed by atoms with Crippen molar-refractivity contribution in [2.45, 2.75) is 27.7 Å². The molecule has 0 unspecified atom stereocenters. The lowest BCUT2D eigenvalue weighted by Crippen LogP contribution is -2.39. The van der Waals surface area contributed by atoms with E-state index in [-0.39, 0.29) is 17.3 Å². The zero-order valence-electron chi connectivity index (χ0n) is 20.4. The van der Waals surface area contributed by atoms with Gasteiger partial charge in [-0.15, -0.1) is 0 Å². The van der Waals surface area contributed by atoms with Gasteiger partial charge in [0.1, 0.15) is 11.6 Å². The van der Waals surface area contributed by atoms with Crippen molar-refractivity contribution in [1.29, 1.82) is 0 Å². The van der Waals surface area contributed by atoms with Crippen LogP contribution in [0, 0.1) is 25.5 Å². The number of aromatic nitrogens is 4. The van der Waals surface area contributed by atoms with E-state index in [2.05, 4.69) is 10.2 Å². The lowest BCUT2D eigenvalue weighted by Gasteiger charge is -2.03. The largest absolute Gasteiger partial charge is 0.461 e. The van der Waals surface area contributed by atoms with Crippen molar-refractivity contribution in [2.24, 2.45) is 0 Å². The summed E-state index contributed by atoms with van der Waals surface area (Å²) in [5.74, 6) is -1.50. The molecule has 0 radical (unpaired) electrons. The van der Waals surface area contributed by atoms with Crippen molar-refractivity contribution in [1.82, 2.24) is 14.9 Å². The normalized spacial score (nSPS) is 10.4. The molecule has 0 atom stereocenters. The molecule has 10 heteroatoms. The predicted octanol–water partition coefficient (Wildman–Crippen LogP) is 4.41. The molecule has 0 aliphatic heterocycles. The Balaban J connectivity index is 0.000000201. The van der Waals surface area contributed by atoms with Crippen LogP contribution in [0.4, 0.5) is 8.78 Å². The highest BCUT2D eigenvalue weighted by Crippen LogP contribution is 2.13. The van der Waals surface area contributed by atoms with Crippen LogP contribution in [0.5, 0.6) is 0 Å². The number of hydrogen-bond acceptors (Lipinski definition) is 5. The Labute approximate surface area is 207 Å². The van der Waals surface area contributed by atoms with Crippen molar-refractivity contribution < 1.29 is 32.5 Å². The molecule has 2 heterocycles. The highest BCUT2D eigenvalue weighted by atomic mass is 19.1. The number of benzene rings is 2. The fraction of sp³-hybridized carbons (Fsp3) is 0.231. The van der Waals surface area contributed by atoms with Crippen molar-refractivity contribution in [3.63, 3.8) is 0 Å². The topological polar surface area (TPSA) is 90.1 Å². The van der Waals surface area contributed by atoms with Crippen LogP contribution < -0.4 is 4.68 Å². The summed E-state index contributed by atoms with van der Waals surface area (Å²) in [5.41, 5.74) is 3.61. The van der Waals surface area contributed by atoms with E-state index in [9.17, 15) is 18.4 Å². The Morgan fingerprint density at radius 1 is 0.889 bits per heavy atom. The second-order valence-electron chi connectivity index (χ2n) is 7.64. The second kappa shape index (κ2) is 11.9. The number of nitrogens with one attached hydrogen (secondary N) is 1. The molecule has 0 spiro atoms. The van der Waals surface area contributed by atoms with Crippen molar-refractivity contribution >= 4 is 11.9 Å². The third-order valence-corrected chi connectivity index (χ3v) is 4.89. The average molecular weight is 498 g/mol. The molecule has 2 aromatic heterocycles. The van der Waals surface area contributed by atoms with E-state index < -0.39 is 11.9 Å². The summed E-state index contributed by atoms with van der Waals surface area (Å²) in [6, 6.07) is 15.1. The van der Waals surface area contributed by atoms with Crippen LogP contribution in [-0.2, 0) is 9.47 Å². The summed E-state index contributed by atoms with van der Waals surface area (Å²) in [7, 11) is 0. The van der Waals surface area contributed by atoms with Gasteiger partial charge in [0.05, 0.1) is 24.6 Å². The van der Waals surface area contributed by atoms with E-state index in [1.165, 1.54) is 24.3 Å². The predicted molar refractivity (Wildman–Crippen MR) is 127 cm³/mol. The van der Waals surface area contributed by atoms with Crippen LogP contribution in [0.25, 0.3) is 11.4 Å². The van der Waals surface area contributed by atoms with E-state index in [1.807, 2.05) is 13.8 Å². The number of carbonyl (C=O) groups excluding carboxylic acids is 2. The number of H-pyrrole nitrogens is 1. The summed E-state index contributed by atoms with van der Waals surface area (Å²) in [6.45, 7) is 7.76. The first-order valence-electron chi connectivity index (χ1n) is 11.3. The van der Waals surface area contributed by atoms with Crippen LogP contribution in [0.1, 0.15) is 46.2 Å². The smallest absolute Gasteiger partial charge is 0.406 e. The quantitative estimate of drug-likeness (QED) is 0.315. The van der Waals surface area contributed by atoms with Crippen molar-refractivity contribution in [3.8, 4) is 11.4 Å². The van der Waals surface area contributed by atoms with Gasteiger partial charge in [-0.3, -0.25) is 0 Å². The Hall–Kier alpha value is -4.34. The third kappa shape index (κ3) is 6.41. The second-order valence-corrected chi connectivity index (χ2v) is 7.64. The van der Waals surface area contributed by atoms with Crippen LogP contribution >= 0.6 is 0 Å². The first kappa shape index (κ1) is 26.3. The summed E-state index contributed by atoms with van der Waals surface area (Å²) in [5, 5.41) is 7.16. The van der Waals surface area contributed by atoms with Gasteiger partial charge in [0.25, 0.3) is 0 Å². The lowest BCUT2D eigenvalue weighted by atomic mass is 10.3. The molecule has 1 N–H and O–H groups in total. The van der Waals surface area contributed by atoms with E-state index >= 15 is 0 Å². The molecule has 4 aromatic rings. The molecule has 0 amide bonds. The molecule has 0 bridgehead atoms. The summed E-state index contributed by atoms with van der Waals surface area (Å²) < 4.78 is 38.7. The molecular weight excluding hydrogens is 470 g/mol. The molecule has 0 fully saturated rings. The zero-order valence-corrected chi connectivity index (χ0v) is 20.4. The minimum absolute atomic E-state index is 0.249. The van der Waals surface area contributed by atoms with Gasteiger partial charge in [0, 0.05) is 23.9 Å². The minimum Gasteiger partial charge on any atom is -0.461 e. The van der Waals surface area contributed by atoms with E-state index in [0.29, 0.717) is 30.3 Å². The zero-order chi connectivity index (χ0) is 26.2. The van der Waals surface area contributed by atoms with Crippen LogP contribution in [0.3, 0.4) is 0 Å². The maximum absolute atomic E-state index is 12.9. The number of halogens is 2. The Bertz CT molecular complexity index is 1330. The van der Waals surface area contributed by atoms with Gasteiger partial charge in [-0.2, -0.15) is 10.2 Å². The molecule has 0 aliphatic carbocycles. The Morgan fingerprint density at radius 2 is 1.44 bits per heavy atom. The van der Waals surface area contributed by atoms with Gasteiger partial charge in [-0.1, -0.05) is 4.68 Å². The first-order chi connectivity index (χ1) is 17.2. The van der Waals surface area contributed by atoms with E-state index in [4.69, 9.17) is 9.47 Å². The number of aromatic amines is 1. The van der Waals surface area contributed by atoms with Gasteiger partial charge in [-0.25, -0.2) is 23.1 Å². The number of hydrogen-bond donors (Lipinski definition) is 1. The monoisotopic (exact) mass is 497 g/mol. The third-order valence-electron chi connectivity index (χ3n) is 4.89. The van der Waals surface area contributed by atoms with E-state index in [1.54, 1.807) is 59.6 Å². The number of aryl methyl sites for hydroxylation is 2. The highest BCUT2D eigenvalue weighted by molar-refractivity contribution is 5.87. The maximum Gasteiger partial charge on any atom is 0.406 e. The molecule has 188 valence electrons. The summed E-state index contributed by atoms with van der Waals surface area (Å²) >= 11 is 0. The number of carbonyl (C=O) groups is 2. The number of rotatable bonds is 6. The van der Waals surface area contributed by atoms with Gasteiger partial charge in [-0.05, 0) is 70.2 Å². The summed E-state index contributed by atoms with van der Waals surface area (Å²) in [4.78, 5) is 23.3. The molecule has 8 nitrogen and oxygen atoms in total. The Morgan fingerprint density at radius 3 is 2.03 bits per heavy atom. The van der Waals surface area contributed by atoms with Crippen LogP contribution in [-0.4, -0.2) is 40.0 Å². The SMILES string of the molecule is CCOC(=O)c1cc(C)[nH][n+]1-c1ccc(F)cc1.CCOC(=O)c1cc(C)n(-c2ccc(F)cc2)n1. The maximum atomic E-state index is 12.9. The fourth-order valence-corrected chi connectivity index (χ4v) is 3.31. The standard InChI is InChI=1S/2C13H13FN2O2/c1-3-18-13(17)12-8-9(2)16(15-12)11-6-4-10(14)5-7-11;1-3-18-13(17)12-8-9(2)15-16(12)11-6-4-10(14)5-7-11/h2*4-8H,3H2,1-2H3/p+1. The number of nitrogens with zero attached hydrogens (tertiary/aromatic N) is 3. The minimum atomic E-state index is -0.457. The van der Waals surface area contributed by atoms with Crippen molar-refractivity contribution in [3.05, 3.63) is 95.1 Å². The lowest BCUT2D eigenvalue weighted by molar-refractivity contribution is -0.658. The number of ether oxygens (including phenoxy) is 2. The average Bonchev–Trinajstić information content (AvgIpc) is 3.44. The van der Waals surface area contributed by atoms with Gasteiger partial charge in [0.2, 0.25) is 5.69 Å². The molecule has 0 aliphatic rings. The first-order valence-corrected chi connectivity index (χ1v) is 11.3. The highest BCUT2D eigenvalue weighted by Gasteiger charge is 2.25.